The van der Waals surface area contributed by atoms with Crippen molar-refractivity contribution in [1.29, 1.82) is 0 Å². The lowest BCUT2D eigenvalue weighted by molar-refractivity contribution is 0.0427. The van der Waals surface area contributed by atoms with Crippen LogP contribution in [0.15, 0.2) is 67.1 Å². The Bertz CT molecular complexity index is 1870. The molecule has 13 heteroatoms. The van der Waals surface area contributed by atoms with E-state index in [2.05, 4.69) is 20.2 Å². The lowest BCUT2D eigenvalue weighted by atomic mass is 9.91. The summed E-state index contributed by atoms with van der Waals surface area (Å²) in [6, 6.07) is 17.5. The summed E-state index contributed by atoms with van der Waals surface area (Å²) < 4.78 is 25.0. The van der Waals surface area contributed by atoms with Crippen molar-refractivity contribution in [2.75, 3.05) is 18.0 Å². The SMILES string of the molecule is CC(C)(C)OC(=O)NCCNC1CCC(n2cc(-c3ccc(Oc4ccccc4)cc3)c3c(N(C(=O)OC(C)(C)C)C(=O)OC(C)(C)C)ncnc32)CC1. The minimum atomic E-state index is -0.908. The number of amides is 3. The highest BCUT2D eigenvalue weighted by Crippen LogP contribution is 2.41. The fourth-order valence-corrected chi connectivity index (χ4v) is 6.24. The zero-order chi connectivity index (χ0) is 39.3. The Hall–Kier alpha value is -5.17. The van der Waals surface area contributed by atoms with Crippen LogP contribution in [0.25, 0.3) is 22.2 Å². The Morgan fingerprint density at radius 1 is 0.741 bits per heavy atom. The fraction of sp³-hybridized carbons (Fsp3) is 0.488. The quantitative estimate of drug-likeness (QED) is 0.126. The van der Waals surface area contributed by atoms with Crippen molar-refractivity contribution in [1.82, 2.24) is 25.2 Å². The number of fused-ring (bicyclic) bond motifs is 1. The third kappa shape index (κ3) is 10.9. The number of anilines is 1. The molecule has 2 heterocycles. The maximum absolute atomic E-state index is 13.8. The van der Waals surface area contributed by atoms with Gasteiger partial charge >= 0.3 is 18.3 Å². The number of hydrogen-bond donors (Lipinski definition) is 2. The van der Waals surface area contributed by atoms with Crippen LogP contribution in [0, 0.1) is 0 Å². The van der Waals surface area contributed by atoms with Crippen LogP contribution in [-0.2, 0) is 14.2 Å². The van der Waals surface area contributed by atoms with E-state index >= 15 is 0 Å². The van der Waals surface area contributed by atoms with E-state index in [9.17, 15) is 14.4 Å². The highest BCUT2D eigenvalue weighted by molar-refractivity contribution is 6.16. The van der Waals surface area contributed by atoms with Gasteiger partial charge in [-0.3, -0.25) is 0 Å². The standard InChI is InChI=1S/C41H54N6O7/c1-39(2,3)52-36(48)43-24-23-42-28-17-19-29(20-18-28)46-25-32(27-15-21-31(22-16-27)51-30-13-11-10-12-14-30)33-34(46)44-26-45-35(33)47(37(49)53-40(4,5)6)38(50)54-41(7,8)9/h10-16,21-22,25-26,28-29,42H,17-20,23-24H2,1-9H3,(H,43,48). The largest absolute Gasteiger partial charge is 0.457 e. The van der Waals surface area contributed by atoms with Crippen molar-refractivity contribution in [3.8, 4) is 22.6 Å². The molecule has 0 bridgehead atoms. The number of para-hydroxylation sites is 1. The zero-order valence-corrected chi connectivity index (χ0v) is 32.9. The van der Waals surface area contributed by atoms with Gasteiger partial charge in [0, 0.05) is 36.9 Å². The second kappa shape index (κ2) is 16.5. The summed E-state index contributed by atoms with van der Waals surface area (Å²) in [5.74, 6) is 1.43. The number of hydrogen-bond acceptors (Lipinski definition) is 10. The molecule has 2 aromatic heterocycles. The van der Waals surface area contributed by atoms with E-state index in [-0.39, 0.29) is 17.9 Å². The molecule has 0 radical (unpaired) electrons. The molecule has 0 aliphatic heterocycles. The molecule has 2 aromatic carbocycles. The van der Waals surface area contributed by atoms with Gasteiger partial charge in [-0.1, -0.05) is 30.3 Å². The number of ether oxygens (including phenoxy) is 4. The second-order valence-corrected chi connectivity index (χ2v) is 16.5. The Morgan fingerprint density at radius 2 is 1.31 bits per heavy atom. The molecular weight excluding hydrogens is 688 g/mol. The van der Waals surface area contributed by atoms with Crippen LogP contribution in [0.1, 0.15) is 94.0 Å². The number of nitrogens with zero attached hydrogens (tertiary/aromatic N) is 4. The van der Waals surface area contributed by atoms with Crippen LogP contribution >= 0.6 is 0 Å². The first-order chi connectivity index (χ1) is 25.4. The summed E-state index contributed by atoms with van der Waals surface area (Å²) in [6.45, 7) is 17.0. The van der Waals surface area contributed by atoms with Gasteiger partial charge in [0.05, 0.1) is 5.39 Å². The molecule has 2 N–H and O–H groups in total. The average molecular weight is 743 g/mol. The molecule has 290 valence electrons. The Kier molecular flexibility index (Phi) is 12.2. The predicted molar refractivity (Wildman–Crippen MR) is 208 cm³/mol. The van der Waals surface area contributed by atoms with Gasteiger partial charge < -0.3 is 34.1 Å². The van der Waals surface area contributed by atoms with E-state index in [1.165, 1.54) is 6.33 Å². The average Bonchev–Trinajstić information content (AvgIpc) is 3.46. The van der Waals surface area contributed by atoms with E-state index < -0.39 is 35.1 Å². The Labute approximate surface area is 317 Å². The summed E-state index contributed by atoms with van der Waals surface area (Å²) in [5, 5.41) is 6.88. The van der Waals surface area contributed by atoms with Crippen LogP contribution in [0.2, 0.25) is 0 Å². The maximum Gasteiger partial charge on any atom is 0.425 e. The summed E-state index contributed by atoms with van der Waals surface area (Å²) in [6.07, 6.45) is 4.65. The third-order valence-electron chi connectivity index (χ3n) is 8.41. The van der Waals surface area contributed by atoms with Gasteiger partial charge in [-0.15, -0.1) is 0 Å². The topological polar surface area (TPSA) is 146 Å². The highest BCUT2D eigenvalue weighted by Gasteiger charge is 2.37. The highest BCUT2D eigenvalue weighted by atomic mass is 16.6. The predicted octanol–water partition coefficient (Wildman–Crippen LogP) is 9.17. The Morgan fingerprint density at radius 3 is 1.89 bits per heavy atom. The van der Waals surface area contributed by atoms with Gasteiger partial charge in [0.2, 0.25) is 0 Å². The van der Waals surface area contributed by atoms with Gasteiger partial charge in [-0.05, 0) is 118 Å². The van der Waals surface area contributed by atoms with Gasteiger partial charge in [0.15, 0.2) is 5.82 Å². The molecule has 1 saturated carbocycles. The molecule has 3 amide bonds. The number of alkyl carbamates (subject to hydrolysis) is 1. The first kappa shape index (κ1) is 40.0. The molecule has 1 aliphatic rings. The van der Waals surface area contributed by atoms with Gasteiger partial charge in [0.25, 0.3) is 0 Å². The fourth-order valence-electron chi connectivity index (χ4n) is 6.24. The monoisotopic (exact) mass is 742 g/mol. The number of imide groups is 1. The van der Waals surface area contributed by atoms with Crippen molar-refractivity contribution in [2.45, 2.75) is 117 Å². The van der Waals surface area contributed by atoms with E-state index in [0.717, 1.165) is 41.7 Å². The van der Waals surface area contributed by atoms with E-state index in [1.807, 2.05) is 81.6 Å². The van der Waals surface area contributed by atoms with Gasteiger partial charge in [-0.25, -0.2) is 24.4 Å². The molecule has 13 nitrogen and oxygen atoms in total. The van der Waals surface area contributed by atoms with Crippen LogP contribution in [0.4, 0.5) is 20.2 Å². The van der Waals surface area contributed by atoms with Crippen molar-refractivity contribution in [2.24, 2.45) is 0 Å². The van der Waals surface area contributed by atoms with Crippen LogP contribution in [0.3, 0.4) is 0 Å². The third-order valence-corrected chi connectivity index (χ3v) is 8.41. The summed E-state index contributed by atoms with van der Waals surface area (Å²) in [5.41, 5.74) is -0.214. The lowest BCUT2D eigenvalue weighted by Gasteiger charge is -2.30. The second-order valence-electron chi connectivity index (χ2n) is 16.5. The minimum Gasteiger partial charge on any atom is -0.457 e. The van der Waals surface area contributed by atoms with Crippen molar-refractivity contribution in [3.05, 3.63) is 67.1 Å². The molecule has 0 atom stereocenters. The van der Waals surface area contributed by atoms with Crippen molar-refractivity contribution in [3.63, 3.8) is 0 Å². The number of benzene rings is 2. The first-order valence-electron chi connectivity index (χ1n) is 18.5. The molecule has 0 unspecified atom stereocenters. The lowest BCUT2D eigenvalue weighted by Crippen LogP contribution is -2.44. The number of nitrogens with one attached hydrogen (secondary N) is 2. The molecule has 0 spiro atoms. The first-order valence-corrected chi connectivity index (χ1v) is 18.5. The van der Waals surface area contributed by atoms with Crippen molar-refractivity contribution >= 4 is 35.1 Å². The molecular formula is C41H54N6O7. The summed E-state index contributed by atoms with van der Waals surface area (Å²) in [4.78, 5) is 49.8. The van der Waals surface area contributed by atoms with Crippen LogP contribution < -0.4 is 20.3 Å². The molecule has 54 heavy (non-hydrogen) atoms. The van der Waals surface area contributed by atoms with Crippen molar-refractivity contribution < 1.29 is 33.3 Å². The van der Waals surface area contributed by atoms with Gasteiger partial charge in [0.1, 0.15) is 40.3 Å². The maximum atomic E-state index is 13.8. The Balaban J connectivity index is 1.47. The summed E-state index contributed by atoms with van der Waals surface area (Å²) in [7, 11) is 0. The molecule has 0 saturated heterocycles. The van der Waals surface area contributed by atoms with E-state index in [1.54, 1.807) is 41.5 Å². The van der Waals surface area contributed by atoms with E-state index in [4.69, 9.17) is 23.9 Å². The van der Waals surface area contributed by atoms with Gasteiger partial charge in [-0.2, -0.15) is 4.90 Å². The van der Waals surface area contributed by atoms with Crippen LogP contribution in [-0.4, -0.2) is 68.7 Å². The summed E-state index contributed by atoms with van der Waals surface area (Å²) >= 11 is 0. The minimum absolute atomic E-state index is 0.0645. The molecule has 1 aliphatic carbocycles. The normalized spacial score (nSPS) is 16.4. The molecule has 4 aromatic rings. The van der Waals surface area contributed by atoms with Crippen LogP contribution in [0.5, 0.6) is 11.5 Å². The number of carbonyl (C=O) groups is 3. The van der Waals surface area contributed by atoms with E-state index in [0.29, 0.717) is 35.6 Å². The molecule has 5 rings (SSSR count). The smallest absolute Gasteiger partial charge is 0.425 e. The number of aromatic nitrogens is 3. The number of carbonyl (C=O) groups excluding carboxylic acids is 3. The molecule has 1 fully saturated rings. The number of rotatable bonds is 9. The zero-order valence-electron chi connectivity index (χ0n) is 32.9.